The van der Waals surface area contributed by atoms with Gasteiger partial charge in [0.15, 0.2) is 0 Å². The second kappa shape index (κ2) is 5.83. The van der Waals surface area contributed by atoms with E-state index in [0.29, 0.717) is 0 Å². The number of aromatic nitrogens is 2. The first kappa shape index (κ1) is 13.4. The third-order valence-electron chi connectivity index (χ3n) is 4.07. The lowest BCUT2D eigenvalue weighted by molar-refractivity contribution is 0.462. The molecule has 0 bridgehead atoms. The van der Waals surface area contributed by atoms with Gasteiger partial charge in [0.1, 0.15) is 11.5 Å². The Kier molecular flexibility index (Phi) is 3.92. The van der Waals surface area contributed by atoms with Gasteiger partial charge in [-0.05, 0) is 45.2 Å². The van der Waals surface area contributed by atoms with E-state index in [4.69, 9.17) is 4.42 Å². The quantitative estimate of drug-likeness (QED) is 0.911. The van der Waals surface area contributed by atoms with Gasteiger partial charge >= 0.3 is 0 Å². The van der Waals surface area contributed by atoms with Crippen molar-refractivity contribution in [3.8, 4) is 0 Å². The van der Waals surface area contributed by atoms with Crippen LogP contribution in [0.15, 0.2) is 16.8 Å². The van der Waals surface area contributed by atoms with Crippen molar-refractivity contribution in [1.29, 1.82) is 0 Å². The predicted octanol–water partition coefficient (Wildman–Crippen LogP) is 2.82. The van der Waals surface area contributed by atoms with E-state index in [-0.39, 0.29) is 0 Å². The Bertz CT molecular complexity index is 583. The number of aryl methyl sites for hydroxylation is 2. The normalized spacial score (nSPS) is 14.5. The van der Waals surface area contributed by atoms with Gasteiger partial charge in [0.05, 0.1) is 25.1 Å². The van der Waals surface area contributed by atoms with Crippen LogP contribution >= 0.6 is 0 Å². The zero-order valence-corrected chi connectivity index (χ0v) is 12.4. The molecule has 0 atom stereocenters. The monoisotopic (exact) mass is 273 g/mol. The van der Waals surface area contributed by atoms with Gasteiger partial charge in [-0.3, -0.25) is 0 Å². The van der Waals surface area contributed by atoms with Crippen LogP contribution in [0.25, 0.3) is 0 Å². The van der Waals surface area contributed by atoms with Gasteiger partial charge in [-0.15, -0.1) is 0 Å². The van der Waals surface area contributed by atoms with Crippen LogP contribution in [0.3, 0.4) is 0 Å². The number of imidazole rings is 1. The average molecular weight is 273 g/mol. The van der Waals surface area contributed by atoms with Gasteiger partial charge in [0.25, 0.3) is 0 Å². The molecule has 2 aromatic heterocycles. The first-order chi connectivity index (χ1) is 9.78. The molecule has 4 heteroatoms. The fourth-order valence-electron chi connectivity index (χ4n) is 2.93. The summed E-state index contributed by atoms with van der Waals surface area (Å²) in [5.74, 6) is 2.05. The van der Waals surface area contributed by atoms with E-state index in [1.807, 2.05) is 13.3 Å². The summed E-state index contributed by atoms with van der Waals surface area (Å²) in [7, 11) is 0. The molecule has 1 aliphatic carbocycles. The Morgan fingerprint density at radius 2 is 2.20 bits per heavy atom. The molecule has 0 spiro atoms. The summed E-state index contributed by atoms with van der Waals surface area (Å²) < 4.78 is 8.11. The molecule has 2 heterocycles. The van der Waals surface area contributed by atoms with E-state index in [9.17, 15) is 0 Å². The van der Waals surface area contributed by atoms with Crippen LogP contribution in [-0.2, 0) is 25.9 Å². The number of fused-ring (bicyclic) bond motifs is 1. The Labute approximate surface area is 120 Å². The van der Waals surface area contributed by atoms with Gasteiger partial charge in [-0.2, -0.15) is 0 Å². The molecule has 4 nitrogen and oxygen atoms in total. The minimum absolute atomic E-state index is 0.805. The van der Waals surface area contributed by atoms with Gasteiger partial charge in [0.2, 0.25) is 0 Å². The summed E-state index contributed by atoms with van der Waals surface area (Å²) in [5, 5.41) is 3.30. The van der Waals surface area contributed by atoms with E-state index >= 15 is 0 Å². The fourth-order valence-corrected chi connectivity index (χ4v) is 2.93. The molecule has 2 aromatic rings. The van der Waals surface area contributed by atoms with Gasteiger partial charge < -0.3 is 14.3 Å². The third-order valence-corrected chi connectivity index (χ3v) is 4.07. The van der Waals surface area contributed by atoms with Crippen LogP contribution in [0, 0.1) is 6.92 Å². The molecule has 0 saturated heterocycles. The van der Waals surface area contributed by atoms with Crippen LogP contribution in [0.5, 0.6) is 0 Å². The second-order valence-electron chi connectivity index (χ2n) is 5.55. The summed E-state index contributed by atoms with van der Waals surface area (Å²) in [6.45, 7) is 6.80. The summed E-state index contributed by atoms with van der Waals surface area (Å²) in [6.07, 6.45) is 6.86. The fraction of sp³-hybridized carbons (Fsp3) is 0.562. The third kappa shape index (κ3) is 2.66. The molecule has 0 amide bonds. The van der Waals surface area contributed by atoms with E-state index in [2.05, 4.69) is 27.9 Å². The van der Waals surface area contributed by atoms with Crippen molar-refractivity contribution in [2.75, 3.05) is 6.54 Å². The lowest BCUT2D eigenvalue weighted by Crippen LogP contribution is -2.11. The smallest absolute Gasteiger partial charge is 0.118 e. The first-order valence-corrected chi connectivity index (χ1v) is 7.59. The predicted molar refractivity (Wildman–Crippen MR) is 78.8 cm³/mol. The first-order valence-electron chi connectivity index (χ1n) is 7.59. The number of rotatable bonds is 5. The zero-order valence-electron chi connectivity index (χ0n) is 12.4. The van der Waals surface area contributed by atoms with E-state index in [1.165, 1.54) is 29.8 Å². The van der Waals surface area contributed by atoms with Crippen molar-refractivity contribution >= 4 is 0 Å². The number of nitrogens with zero attached hydrogens (tertiary/aromatic N) is 2. The van der Waals surface area contributed by atoms with Gasteiger partial charge in [-0.1, -0.05) is 6.92 Å². The molecule has 0 aliphatic heterocycles. The molecular weight excluding hydrogens is 250 g/mol. The van der Waals surface area contributed by atoms with Gasteiger partial charge in [0, 0.05) is 11.3 Å². The molecule has 3 rings (SSSR count). The summed E-state index contributed by atoms with van der Waals surface area (Å²) in [4.78, 5) is 4.56. The molecule has 1 N–H and O–H groups in total. The highest BCUT2D eigenvalue weighted by molar-refractivity contribution is 5.24. The molecule has 0 aromatic carbocycles. The second-order valence-corrected chi connectivity index (χ2v) is 5.55. The highest BCUT2D eigenvalue weighted by Crippen LogP contribution is 2.22. The molecule has 0 saturated carbocycles. The Morgan fingerprint density at radius 3 is 3.05 bits per heavy atom. The topological polar surface area (TPSA) is 43.0 Å². The lowest BCUT2D eigenvalue weighted by Gasteiger charge is -2.13. The van der Waals surface area contributed by atoms with E-state index in [0.717, 1.165) is 44.0 Å². The minimum atomic E-state index is 0.805. The van der Waals surface area contributed by atoms with Crippen LogP contribution in [-0.4, -0.2) is 16.1 Å². The highest BCUT2D eigenvalue weighted by atomic mass is 16.3. The van der Waals surface area contributed by atoms with E-state index < -0.39 is 0 Å². The Morgan fingerprint density at radius 1 is 1.35 bits per heavy atom. The lowest BCUT2D eigenvalue weighted by atomic mass is 10.0. The molecule has 1 aliphatic rings. The summed E-state index contributed by atoms with van der Waals surface area (Å²) >= 11 is 0. The highest BCUT2D eigenvalue weighted by Gasteiger charge is 2.16. The minimum Gasteiger partial charge on any atom is -0.465 e. The maximum atomic E-state index is 5.81. The molecule has 108 valence electrons. The van der Waals surface area contributed by atoms with Crippen LogP contribution in [0.2, 0.25) is 0 Å². The standard InChI is InChI=1S/C16H23N3O/c1-3-17-9-14-8-13(12(2)20-14)10-19-11-18-15-6-4-5-7-16(15)19/h8,11,17H,3-7,9-10H2,1-2H3. The van der Waals surface area contributed by atoms with Crippen LogP contribution < -0.4 is 5.32 Å². The molecular formula is C16H23N3O. The SMILES string of the molecule is CCNCc1cc(Cn2cnc3c2CCCC3)c(C)o1. The number of hydrogen-bond donors (Lipinski definition) is 1. The van der Waals surface area contributed by atoms with Crippen molar-refractivity contribution in [3.63, 3.8) is 0 Å². The van der Waals surface area contributed by atoms with Crippen LogP contribution in [0.1, 0.15) is 48.2 Å². The molecule has 0 unspecified atom stereocenters. The molecule has 0 radical (unpaired) electrons. The Balaban J connectivity index is 1.77. The van der Waals surface area contributed by atoms with Crippen molar-refractivity contribution in [2.24, 2.45) is 0 Å². The van der Waals surface area contributed by atoms with E-state index in [1.54, 1.807) is 0 Å². The zero-order chi connectivity index (χ0) is 13.9. The largest absolute Gasteiger partial charge is 0.465 e. The maximum absolute atomic E-state index is 5.81. The summed E-state index contributed by atoms with van der Waals surface area (Å²) in [6, 6.07) is 2.17. The number of hydrogen-bond acceptors (Lipinski definition) is 3. The molecule has 0 fully saturated rings. The van der Waals surface area contributed by atoms with Gasteiger partial charge in [-0.25, -0.2) is 4.98 Å². The Hall–Kier alpha value is -1.55. The number of furan rings is 1. The number of nitrogens with one attached hydrogen (secondary N) is 1. The maximum Gasteiger partial charge on any atom is 0.118 e. The van der Waals surface area contributed by atoms with Crippen molar-refractivity contribution in [1.82, 2.24) is 14.9 Å². The van der Waals surface area contributed by atoms with Crippen molar-refractivity contribution < 1.29 is 4.42 Å². The molecule has 20 heavy (non-hydrogen) atoms. The van der Waals surface area contributed by atoms with Crippen LogP contribution in [0.4, 0.5) is 0 Å². The van der Waals surface area contributed by atoms with Crippen molar-refractivity contribution in [3.05, 3.63) is 40.9 Å². The summed E-state index contributed by atoms with van der Waals surface area (Å²) in [5.41, 5.74) is 3.99. The average Bonchev–Trinajstić information content (AvgIpc) is 3.02. The van der Waals surface area contributed by atoms with Crippen molar-refractivity contribution in [2.45, 2.75) is 52.6 Å².